The number of fused-ring (bicyclic) bond motifs is 1. The zero-order valence-electron chi connectivity index (χ0n) is 18.5. The number of pyridine rings is 1. The number of nitrogens with zero attached hydrogens (tertiary/aromatic N) is 3. The van der Waals surface area contributed by atoms with E-state index in [0.29, 0.717) is 34.8 Å². The molecule has 1 aromatic carbocycles. The Kier molecular flexibility index (Phi) is 6.48. The van der Waals surface area contributed by atoms with E-state index in [2.05, 4.69) is 20.5 Å². The van der Waals surface area contributed by atoms with E-state index in [1.165, 1.54) is 4.90 Å². The van der Waals surface area contributed by atoms with Crippen molar-refractivity contribution in [3.05, 3.63) is 65.0 Å². The largest absolute Gasteiger partial charge is 0.494 e. The van der Waals surface area contributed by atoms with E-state index < -0.39 is 5.92 Å². The summed E-state index contributed by atoms with van der Waals surface area (Å²) in [6.45, 7) is 0.249. The fraction of sp³-hybridized carbons (Fsp3) is 0.292. The Bertz CT molecular complexity index is 1170. The van der Waals surface area contributed by atoms with E-state index in [1.54, 1.807) is 26.6 Å². The molecular weight excluding hydrogens is 422 g/mol. The SMILES string of the molecule is COc1cnccc1-c1[nH]c2c(c1Nc1ccccc1)C(=O)CC(C(=O)N(C)CCN=O)C2. The van der Waals surface area contributed by atoms with Crippen molar-refractivity contribution < 1.29 is 14.3 Å². The molecule has 4 rings (SSSR count). The molecule has 1 atom stereocenters. The molecule has 0 aliphatic heterocycles. The maximum absolute atomic E-state index is 13.3. The second-order valence-electron chi connectivity index (χ2n) is 7.94. The van der Waals surface area contributed by atoms with Crippen LogP contribution in [-0.4, -0.2) is 53.8 Å². The van der Waals surface area contributed by atoms with Gasteiger partial charge in [-0.1, -0.05) is 23.4 Å². The number of H-pyrrole nitrogens is 1. The number of nitrogens with one attached hydrogen (secondary N) is 2. The number of hydrogen-bond donors (Lipinski definition) is 2. The molecule has 0 bridgehead atoms. The third-order valence-electron chi connectivity index (χ3n) is 5.81. The van der Waals surface area contributed by atoms with Crippen molar-refractivity contribution >= 4 is 23.1 Å². The molecule has 1 aliphatic rings. The van der Waals surface area contributed by atoms with Gasteiger partial charge in [0.05, 0.1) is 42.7 Å². The second kappa shape index (κ2) is 9.64. The molecule has 33 heavy (non-hydrogen) atoms. The van der Waals surface area contributed by atoms with Gasteiger partial charge in [0, 0.05) is 49.6 Å². The Balaban J connectivity index is 1.76. The average Bonchev–Trinajstić information content (AvgIpc) is 3.21. The lowest BCUT2D eigenvalue weighted by Gasteiger charge is -2.25. The van der Waals surface area contributed by atoms with Crippen LogP contribution in [0.15, 0.2) is 54.0 Å². The predicted octanol–water partition coefficient (Wildman–Crippen LogP) is 3.80. The molecule has 0 radical (unpaired) electrons. The van der Waals surface area contributed by atoms with Crippen LogP contribution in [-0.2, 0) is 11.2 Å². The zero-order valence-corrected chi connectivity index (χ0v) is 18.5. The summed E-state index contributed by atoms with van der Waals surface area (Å²) in [5, 5.41) is 6.20. The summed E-state index contributed by atoms with van der Waals surface area (Å²) < 4.78 is 5.50. The van der Waals surface area contributed by atoms with Crippen LogP contribution in [0.1, 0.15) is 22.5 Å². The molecular formula is C24H25N5O4. The van der Waals surface area contributed by atoms with Gasteiger partial charge >= 0.3 is 0 Å². The number of methoxy groups -OCH3 is 1. The Morgan fingerprint density at radius 3 is 2.79 bits per heavy atom. The van der Waals surface area contributed by atoms with Gasteiger partial charge < -0.3 is 19.9 Å². The second-order valence-corrected chi connectivity index (χ2v) is 7.94. The molecule has 0 saturated heterocycles. The lowest BCUT2D eigenvalue weighted by molar-refractivity contribution is -0.134. The standard InChI is InChI=1S/C24H25N5O4/c1-29(11-10-26-32)24(31)15-12-18-21(19(30)13-15)23(27-16-6-4-3-5-7-16)22(28-18)17-8-9-25-14-20(17)33-2/h3-9,14-15,27-28H,10-13H2,1-2H3. The van der Waals surface area contributed by atoms with Crippen LogP contribution in [0.2, 0.25) is 0 Å². The molecule has 9 nitrogen and oxygen atoms in total. The Labute approximate surface area is 191 Å². The molecule has 0 spiro atoms. The molecule has 9 heteroatoms. The number of hydrogen-bond acceptors (Lipinski definition) is 7. The number of ether oxygens (including phenoxy) is 1. The minimum Gasteiger partial charge on any atom is -0.494 e. The number of anilines is 2. The van der Waals surface area contributed by atoms with Crippen molar-refractivity contribution in [1.29, 1.82) is 0 Å². The number of para-hydroxylation sites is 1. The van der Waals surface area contributed by atoms with Gasteiger partial charge in [-0.2, -0.15) is 4.91 Å². The molecule has 2 aromatic heterocycles. The summed E-state index contributed by atoms with van der Waals surface area (Å²) in [7, 11) is 3.19. The smallest absolute Gasteiger partial charge is 0.226 e. The van der Waals surface area contributed by atoms with E-state index in [0.717, 1.165) is 11.3 Å². The summed E-state index contributed by atoms with van der Waals surface area (Å²) >= 11 is 0. The van der Waals surface area contributed by atoms with Crippen molar-refractivity contribution in [3.8, 4) is 17.0 Å². The zero-order chi connectivity index (χ0) is 23.4. The highest BCUT2D eigenvalue weighted by Gasteiger charge is 2.36. The highest BCUT2D eigenvalue weighted by molar-refractivity contribution is 6.09. The summed E-state index contributed by atoms with van der Waals surface area (Å²) in [4.78, 5) is 45.6. The number of rotatable bonds is 8. The predicted molar refractivity (Wildman–Crippen MR) is 125 cm³/mol. The van der Waals surface area contributed by atoms with Gasteiger partial charge in [0.15, 0.2) is 5.78 Å². The molecule has 2 N–H and O–H groups in total. The van der Waals surface area contributed by atoms with Gasteiger partial charge in [0.1, 0.15) is 5.75 Å². The molecule has 1 aliphatic carbocycles. The number of Topliss-reactive ketones (excluding diaryl/α,β-unsaturated/α-hetero) is 1. The summed E-state index contributed by atoms with van der Waals surface area (Å²) in [6, 6.07) is 11.4. The quantitative estimate of drug-likeness (QED) is 0.507. The first-order valence-corrected chi connectivity index (χ1v) is 10.7. The number of carbonyl (C=O) groups excluding carboxylic acids is 2. The molecule has 0 saturated carbocycles. The van der Waals surface area contributed by atoms with Gasteiger partial charge in [-0.3, -0.25) is 14.6 Å². The normalized spacial score (nSPS) is 15.0. The highest BCUT2D eigenvalue weighted by atomic mass is 16.5. The lowest BCUT2D eigenvalue weighted by atomic mass is 9.85. The number of benzene rings is 1. The van der Waals surface area contributed by atoms with Crippen LogP contribution in [0.25, 0.3) is 11.3 Å². The monoisotopic (exact) mass is 447 g/mol. The Morgan fingerprint density at radius 1 is 1.27 bits per heavy atom. The van der Waals surface area contributed by atoms with Crippen molar-refractivity contribution in [2.45, 2.75) is 12.8 Å². The summed E-state index contributed by atoms with van der Waals surface area (Å²) in [5.74, 6) is -0.233. The number of amides is 1. The number of likely N-dealkylation sites (N-methyl/N-ethyl adjacent to an activating group) is 1. The topological polar surface area (TPSA) is 117 Å². The van der Waals surface area contributed by atoms with Crippen molar-refractivity contribution in [2.24, 2.45) is 11.1 Å². The number of aromatic nitrogens is 2. The molecule has 0 fully saturated rings. The van der Waals surface area contributed by atoms with Crippen LogP contribution in [0, 0.1) is 10.8 Å². The molecule has 1 unspecified atom stereocenters. The van der Waals surface area contributed by atoms with Crippen LogP contribution in [0.3, 0.4) is 0 Å². The van der Waals surface area contributed by atoms with Crippen molar-refractivity contribution in [3.63, 3.8) is 0 Å². The fourth-order valence-corrected chi connectivity index (χ4v) is 4.19. The van der Waals surface area contributed by atoms with Crippen LogP contribution in [0.4, 0.5) is 11.4 Å². The summed E-state index contributed by atoms with van der Waals surface area (Å²) in [5.41, 5.74) is 4.18. The minimum atomic E-state index is -0.503. The first-order chi connectivity index (χ1) is 16.0. The van der Waals surface area contributed by atoms with Crippen LogP contribution in [0.5, 0.6) is 5.75 Å². The first-order valence-electron chi connectivity index (χ1n) is 10.7. The van der Waals surface area contributed by atoms with E-state index in [9.17, 15) is 14.5 Å². The van der Waals surface area contributed by atoms with Crippen LogP contribution < -0.4 is 10.1 Å². The van der Waals surface area contributed by atoms with Gasteiger partial charge in [0.2, 0.25) is 5.91 Å². The van der Waals surface area contributed by atoms with Crippen molar-refractivity contribution in [2.75, 3.05) is 32.6 Å². The van der Waals surface area contributed by atoms with E-state index in [4.69, 9.17) is 4.74 Å². The molecule has 2 heterocycles. The first kappa shape index (κ1) is 22.2. The Hall–Kier alpha value is -4.01. The molecule has 3 aromatic rings. The van der Waals surface area contributed by atoms with E-state index in [-0.39, 0.29) is 31.2 Å². The number of ketones is 1. The number of carbonyl (C=O) groups is 2. The lowest BCUT2D eigenvalue weighted by Crippen LogP contribution is -2.38. The maximum Gasteiger partial charge on any atom is 0.226 e. The minimum absolute atomic E-state index is 0.0216. The number of aromatic amines is 1. The van der Waals surface area contributed by atoms with E-state index >= 15 is 0 Å². The highest BCUT2D eigenvalue weighted by Crippen LogP contribution is 2.42. The number of nitroso groups, excluding NO2 is 1. The van der Waals surface area contributed by atoms with Crippen molar-refractivity contribution in [1.82, 2.24) is 14.9 Å². The van der Waals surface area contributed by atoms with Gasteiger partial charge in [0.25, 0.3) is 0 Å². The van der Waals surface area contributed by atoms with Gasteiger partial charge in [-0.15, -0.1) is 0 Å². The third-order valence-corrected chi connectivity index (χ3v) is 5.81. The average molecular weight is 447 g/mol. The molecule has 170 valence electrons. The summed E-state index contributed by atoms with van der Waals surface area (Å²) in [6.07, 6.45) is 3.76. The van der Waals surface area contributed by atoms with Gasteiger partial charge in [-0.05, 0) is 18.2 Å². The maximum atomic E-state index is 13.3. The fourth-order valence-electron chi connectivity index (χ4n) is 4.19. The van der Waals surface area contributed by atoms with Crippen LogP contribution >= 0.6 is 0 Å². The van der Waals surface area contributed by atoms with E-state index in [1.807, 2.05) is 36.4 Å². The third kappa shape index (κ3) is 4.48. The molecule has 1 amide bonds. The Morgan fingerprint density at radius 2 is 2.06 bits per heavy atom. The van der Waals surface area contributed by atoms with Gasteiger partial charge in [-0.25, -0.2) is 0 Å².